The Kier molecular flexibility index (Phi) is 6.68. The monoisotopic (exact) mass is 450 g/mol. The first-order chi connectivity index (χ1) is 15.0. The van der Waals surface area contributed by atoms with E-state index in [9.17, 15) is 19.5 Å². The van der Waals surface area contributed by atoms with Gasteiger partial charge in [0.15, 0.2) is 0 Å². The molecule has 3 heterocycles. The maximum Gasteiger partial charge on any atom is 0.310 e. The molecule has 8 heteroatoms. The van der Waals surface area contributed by atoms with Crippen LogP contribution in [0, 0.1) is 11.8 Å². The van der Waals surface area contributed by atoms with Crippen molar-refractivity contribution in [2.24, 2.45) is 11.8 Å². The standard InChI is InChI=1S/C23H34N2O5S/c1-3-12-24(15-8-6-5-7-9-15)21(28)19-23-11-10-16(31-23)17(22(29)30-4-2)18(23)20(27)25(19)13-14-26/h3,15-19,26H,1,4-14H2,2H3/t16-,17+,18+,19?,23?/m1/s1. The zero-order valence-corrected chi connectivity index (χ0v) is 19.1. The summed E-state index contributed by atoms with van der Waals surface area (Å²) >= 11 is 1.65. The maximum atomic E-state index is 14.1. The number of fused-ring (bicyclic) bond motifs is 1. The molecule has 1 aliphatic carbocycles. The number of amides is 2. The van der Waals surface area contributed by atoms with Gasteiger partial charge in [-0.1, -0.05) is 25.3 Å². The van der Waals surface area contributed by atoms with Crippen LogP contribution < -0.4 is 0 Å². The summed E-state index contributed by atoms with van der Waals surface area (Å²) in [6, 6.07) is -0.487. The number of ether oxygens (including phenoxy) is 1. The summed E-state index contributed by atoms with van der Waals surface area (Å²) < 4.78 is 4.71. The number of hydrogen-bond acceptors (Lipinski definition) is 6. The number of carbonyl (C=O) groups excluding carboxylic acids is 3. The molecule has 4 fully saturated rings. The third kappa shape index (κ3) is 3.59. The van der Waals surface area contributed by atoms with E-state index in [1.165, 1.54) is 6.42 Å². The molecule has 1 N–H and O–H groups in total. The van der Waals surface area contributed by atoms with Gasteiger partial charge in [-0.25, -0.2) is 0 Å². The molecule has 2 amide bonds. The second-order valence-corrected chi connectivity index (χ2v) is 10.7. The van der Waals surface area contributed by atoms with Crippen molar-refractivity contribution in [2.75, 3.05) is 26.3 Å². The number of aliphatic hydroxyl groups excluding tert-OH is 1. The first-order valence-electron chi connectivity index (χ1n) is 11.7. The Bertz CT molecular complexity index is 739. The van der Waals surface area contributed by atoms with Crippen molar-refractivity contribution in [2.45, 2.75) is 74.0 Å². The van der Waals surface area contributed by atoms with Gasteiger partial charge in [-0.2, -0.15) is 0 Å². The molecular formula is C23H34N2O5S. The van der Waals surface area contributed by atoms with Gasteiger partial charge in [0.1, 0.15) is 6.04 Å². The highest BCUT2D eigenvalue weighted by Gasteiger charge is 2.74. The third-order valence-corrected chi connectivity index (χ3v) is 9.51. The lowest BCUT2D eigenvalue weighted by Crippen LogP contribution is -2.57. The molecule has 3 aliphatic heterocycles. The van der Waals surface area contributed by atoms with Crippen molar-refractivity contribution in [1.29, 1.82) is 0 Å². The number of esters is 1. The topological polar surface area (TPSA) is 87.2 Å². The first-order valence-corrected chi connectivity index (χ1v) is 12.5. The lowest BCUT2D eigenvalue weighted by atomic mass is 9.71. The van der Waals surface area contributed by atoms with Gasteiger partial charge in [-0.05, 0) is 32.6 Å². The molecule has 31 heavy (non-hydrogen) atoms. The lowest BCUT2D eigenvalue weighted by Gasteiger charge is -2.41. The number of aliphatic hydroxyl groups is 1. The molecule has 172 valence electrons. The van der Waals surface area contributed by atoms with Crippen LogP contribution in [0.15, 0.2) is 12.7 Å². The van der Waals surface area contributed by atoms with Crippen LogP contribution in [-0.4, -0.2) is 81.1 Å². The maximum absolute atomic E-state index is 14.1. The van der Waals surface area contributed by atoms with Gasteiger partial charge in [0, 0.05) is 24.4 Å². The second-order valence-electron chi connectivity index (χ2n) is 9.13. The van der Waals surface area contributed by atoms with E-state index in [1.807, 2.05) is 4.90 Å². The lowest BCUT2D eigenvalue weighted by molar-refractivity contribution is -0.153. The Morgan fingerprint density at radius 3 is 2.71 bits per heavy atom. The number of carbonyl (C=O) groups is 3. The summed E-state index contributed by atoms with van der Waals surface area (Å²) in [5.74, 6) is -1.61. The van der Waals surface area contributed by atoms with Gasteiger partial charge in [0.05, 0.1) is 29.8 Å². The minimum absolute atomic E-state index is 0.0158. The Hall–Kier alpha value is -1.54. The largest absolute Gasteiger partial charge is 0.466 e. The Morgan fingerprint density at radius 1 is 1.32 bits per heavy atom. The molecule has 2 unspecified atom stereocenters. The number of rotatable bonds is 8. The highest BCUT2D eigenvalue weighted by Crippen LogP contribution is 2.66. The molecule has 0 aromatic rings. The molecular weight excluding hydrogens is 416 g/mol. The summed E-state index contributed by atoms with van der Waals surface area (Å²) in [7, 11) is 0. The fraction of sp³-hybridized carbons (Fsp3) is 0.783. The van der Waals surface area contributed by atoms with Crippen LogP contribution in [0.25, 0.3) is 0 Å². The van der Waals surface area contributed by atoms with Crippen molar-refractivity contribution in [3.8, 4) is 0 Å². The van der Waals surface area contributed by atoms with Crippen LogP contribution in [0.5, 0.6) is 0 Å². The molecule has 1 saturated carbocycles. The molecule has 4 aliphatic rings. The summed E-state index contributed by atoms with van der Waals surface area (Å²) in [6.45, 7) is 6.27. The van der Waals surface area contributed by atoms with Crippen LogP contribution in [0.3, 0.4) is 0 Å². The third-order valence-electron chi connectivity index (χ3n) is 7.56. The minimum Gasteiger partial charge on any atom is -0.466 e. The van der Waals surface area contributed by atoms with Gasteiger partial charge in [-0.3, -0.25) is 14.4 Å². The molecule has 2 bridgehead atoms. The smallest absolute Gasteiger partial charge is 0.310 e. The Morgan fingerprint density at radius 2 is 2.06 bits per heavy atom. The predicted octanol–water partition coefficient (Wildman–Crippen LogP) is 1.98. The SMILES string of the molecule is C=CCN(C(=O)C1N(CCO)C(=O)[C@@H]2[C@@H](C(=O)OCC)[C@H]3CCC12S3)C1CCCCC1. The molecule has 0 aromatic heterocycles. The van der Waals surface area contributed by atoms with E-state index < -0.39 is 22.6 Å². The summed E-state index contributed by atoms with van der Waals surface area (Å²) in [4.78, 5) is 43.9. The highest BCUT2D eigenvalue weighted by molar-refractivity contribution is 8.02. The van der Waals surface area contributed by atoms with E-state index >= 15 is 0 Å². The summed E-state index contributed by atoms with van der Waals surface area (Å²) in [5, 5.41) is 9.71. The molecule has 4 rings (SSSR count). The quantitative estimate of drug-likeness (QED) is 0.450. The molecule has 3 saturated heterocycles. The molecule has 1 spiro atoms. The molecule has 5 atom stereocenters. The molecule has 0 aromatic carbocycles. The Balaban J connectivity index is 1.69. The van der Waals surface area contributed by atoms with E-state index in [-0.39, 0.29) is 48.8 Å². The van der Waals surface area contributed by atoms with Crippen molar-refractivity contribution in [3.05, 3.63) is 12.7 Å². The number of likely N-dealkylation sites (tertiary alicyclic amines) is 1. The van der Waals surface area contributed by atoms with E-state index in [0.29, 0.717) is 6.54 Å². The average Bonchev–Trinajstić information content (AvgIpc) is 3.40. The predicted molar refractivity (Wildman–Crippen MR) is 118 cm³/mol. The van der Waals surface area contributed by atoms with Gasteiger partial charge >= 0.3 is 5.97 Å². The molecule has 0 radical (unpaired) electrons. The van der Waals surface area contributed by atoms with Crippen molar-refractivity contribution >= 4 is 29.5 Å². The van der Waals surface area contributed by atoms with Crippen LogP contribution >= 0.6 is 11.8 Å². The molecule has 7 nitrogen and oxygen atoms in total. The van der Waals surface area contributed by atoms with Crippen molar-refractivity contribution in [3.63, 3.8) is 0 Å². The zero-order valence-electron chi connectivity index (χ0n) is 18.3. The van der Waals surface area contributed by atoms with Crippen LogP contribution in [0.4, 0.5) is 0 Å². The van der Waals surface area contributed by atoms with E-state index in [4.69, 9.17) is 4.74 Å². The van der Waals surface area contributed by atoms with Crippen molar-refractivity contribution < 1.29 is 24.2 Å². The van der Waals surface area contributed by atoms with Gasteiger partial charge in [0.2, 0.25) is 11.8 Å². The Labute approximate surface area is 188 Å². The van der Waals surface area contributed by atoms with E-state index in [0.717, 1.165) is 38.5 Å². The first kappa shape index (κ1) is 22.6. The van der Waals surface area contributed by atoms with Crippen LogP contribution in [-0.2, 0) is 19.1 Å². The second kappa shape index (κ2) is 9.14. The van der Waals surface area contributed by atoms with Gasteiger partial charge in [0.25, 0.3) is 0 Å². The van der Waals surface area contributed by atoms with Gasteiger partial charge in [-0.15, -0.1) is 18.3 Å². The fourth-order valence-corrected chi connectivity index (χ4v) is 8.60. The highest BCUT2D eigenvalue weighted by atomic mass is 32.2. The normalized spacial score (nSPS) is 34.6. The fourth-order valence-electron chi connectivity index (χ4n) is 6.39. The summed E-state index contributed by atoms with van der Waals surface area (Å²) in [6.07, 6.45) is 8.64. The number of β-amino-alcohol motifs (C(OH)–C–C–N with tert-alkyl or cyclic N) is 1. The average molecular weight is 451 g/mol. The van der Waals surface area contributed by atoms with Crippen LogP contribution in [0.1, 0.15) is 51.9 Å². The van der Waals surface area contributed by atoms with E-state index in [1.54, 1.807) is 29.7 Å². The summed E-state index contributed by atoms with van der Waals surface area (Å²) in [5.41, 5.74) is 0. The van der Waals surface area contributed by atoms with E-state index in [2.05, 4.69) is 6.58 Å². The van der Waals surface area contributed by atoms with Crippen molar-refractivity contribution in [1.82, 2.24) is 9.80 Å². The zero-order chi connectivity index (χ0) is 22.2. The minimum atomic E-state index is -0.645. The number of nitrogens with zero attached hydrogens (tertiary/aromatic N) is 2. The number of hydrogen-bond donors (Lipinski definition) is 1. The number of thioether (sulfide) groups is 1. The van der Waals surface area contributed by atoms with Crippen LogP contribution in [0.2, 0.25) is 0 Å². The van der Waals surface area contributed by atoms with Gasteiger partial charge < -0.3 is 19.6 Å².